The fraction of sp³-hybridized carbons (Fsp3) is 0.235. The van der Waals surface area contributed by atoms with E-state index in [-0.39, 0.29) is 11.7 Å². The standard InChI is InChI=1S/C17H17O.Pd/c1-14(18)17(12-15-8-4-2-5-9-15)13-16-10-6-3-7-11-16;/h2-11,17H,1,12-13H2;. The van der Waals surface area contributed by atoms with Gasteiger partial charge in [-0.05, 0) is 0 Å². The molecule has 0 aliphatic carbocycles. The quantitative estimate of drug-likeness (QED) is 0.732. The number of carbonyl (C=O) groups excluding carboxylic acids is 1. The monoisotopic (exact) mass is 343 g/mol. The van der Waals surface area contributed by atoms with E-state index in [4.69, 9.17) is 0 Å². The average molecular weight is 344 g/mol. The van der Waals surface area contributed by atoms with Crippen molar-refractivity contribution in [1.82, 2.24) is 0 Å². The second-order valence-corrected chi connectivity index (χ2v) is 5.20. The van der Waals surface area contributed by atoms with Crippen LogP contribution in [-0.2, 0) is 36.8 Å². The third kappa shape index (κ3) is 4.42. The van der Waals surface area contributed by atoms with Crippen LogP contribution >= 0.6 is 0 Å². The van der Waals surface area contributed by atoms with Gasteiger partial charge in [-0.3, -0.25) is 0 Å². The molecule has 19 heavy (non-hydrogen) atoms. The molecule has 0 amide bonds. The zero-order chi connectivity index (χ0) is 13.5. The SMILES string of the molecule is O=C([CH2][Pd])C(Cc1ccccc1)Cc1ccccc1. The van der Waals surface area contributed by atoms with Gasteiger partial charge in [0.2, 0.25) is 0 Å². The van der Waals surface area contributed by atoms with Crippen LogP contribution in [0, 0.1) is 5.92 Å². The van der Waals surface area contributed by atoms with E-state index in [9.17, 15) is 4.79 Å². The first-order valence-corrected chi connectivity index (χ1v) is 7.51. The molecule has 0 heterocycles. The molecule has 0 radical (unpaired) electrons. The first kappa shape index (κ1) is 14.2. The number of benzene rings is 2. The predicted octanol–water partition coefficient (Wildman–Crippen LogP) is 3.62. The van der Waals surface area contributed by atoms with Gasteiger partial charge in [-0.2, -0.15) is 0 Å². The van der Waals surface area contributed by atoms with Crippen LogP contribution in [0.15, 0.2) is 60.7 Å². The molecule has 2 aromatic rings. The van der Waals surface area contributed by atoms with Crippen LogP contribution in [0.1, 0.15) is 11.1 Å². The number of Topliss-reactive ketones (excluding diaryl/α,β-unsaturated/α-hetero) is 1. The normalized spacial score (nSPS) is 10.7. The van der Waals surface area contributed by atoms with Crippen LogP contribution in [0.5, 0.6) is 0 Å². The van der Waals surface area contributed by atoms with Crippen LogP contribution < -0.4 is 0 Å². The summed E-state index contributed by atoms with van der Waals surface area (Å²) in [5, 5.41) is 0. The van der Waals surface area contributed by atoms with Crippen molar-refractivity contribution in [3.05, 3.63) is 71.8 Å². The van der Waals surface area contributed by atoms with Crippen molar-refractivity contribution in [1.29, 1.82) is 0 Å². The maximum atomic E-state index is 12.1. The summed E-state index contributed by atoms with van der Waals surface area (Å²) in [5.74, 6) is 0.343. The molecule has 0 aliphatic heterocycles. The minimum absolute atomic E-state index is 0.0549. The topological polar surface area (TPSA) is 17.1 Å². The van der Waals surface area contributed by atoms with Gasteiger partial charge in [0, 0.05) is 0 Å². The van der Waals surface area contributed by atoms with E-state index in [1.54, 1.807) is 0 Å². The fourth-order valence-electron chi connectivity index (χ4n) is 2.19. The van der Waals surface area contributed by atoms with Gasteiger partial charge in [-0.1, -0.05) is 0 Å². The number of hydrogen-bond acceptors (Lipinski definition) is 1. The Bertz CT molecular complexity index is 466. The van der Waals surface area contributed by atoms with Gasteiger partial charge >= 0.3 is 125 Å². The molecule has 0 saturated heterocycles. The maximum absolute atomic E-state index is 12.1. The Morgan fingerprint density at radius 3 is 1.63 bits per heavy atom. The first-order valence-electron chi connectivity index (χ1n) is 6.41. The molecule has 0 saturated carbocycles. The van der Waals surface area contributed by atoms with E-state index in [2.05, 4.69) is 43.5 Å². The molecule has 0 aliphatic rings. The summed E-state index contributed by atoms with van der Waals surface area (Å²) in [6.45, 7) is 0. The van der Waals surface area contributed by atoms with Crippen LogP contribution in [0.3, 0.4) is 0 Å². The van der Waals surface area contributed by atoms with Crippen LogP contribution in [0.25, 0.3) is 0 Å². The Labute approximate surface area is 125 Å². The van der Waals surface area contributed by atoms with E-state index in [1.165, 1.54) is 11.1 Å². The zero-order valence-corrected chi connectivity index (χ0v) is 12.3. The molecule has 0 spiro atoms. The molecule has 0 aromatic heterocycles. The molecule has 0 atom stereocenters. The summed E-state index contributed by atoms with van der Waals surface area (Å²) in [4.78, 5) is 12.5. The summed E-state index contributed by atoms with van der Waals surface area (Å²) < 4.78 is 0. The molecule has 0 N–H and O–H groups in total. The van der Waals surface area contributed by atoms with Gasteiger partial charge in [0.25, 0.3) is 0 Å². The van der Waals surface area contributed by atoms with Gasteiger partial charge < -0.3 is 0 Å². The van der Waals surface area contributed by atoms with Crippen LogP contribution in [-0.4, -0.2) is 5.78 Å². The molecule has 2 aromatic carbocycles. The Hall–Kier alpha value is -1.23. The Balaban J connectivity index is 2.10. The van der Waals surface area contributed by atoms with Crippen molar-refractivity contribution in [2.75, 3.05) is 0 Å². The van der Waals surface area contributed by atoms with Crippen molar-refractivity contribution >= 4 is 5.78 Å². The molecule has 2 heteroatoms. The Kier molecular flexibility index (Phi) is 5.51. The summed E-state index contributed by atoms with van der Waals surface area (Å²) in [5.41, 5.74) is 2.45. The van der Waals surface area contributed by atoms with Gasteiger partial charge in [0.05, 0.1) is 0 Å². The van der Waals surface area contributed by atoms with Crippen LogP contribution in [0.4, 0.5) is 0 Å². The second kappa shape index (κ2) is 7.38. The van der Waals surface area contributed by atoms with E-state index in [1.807, 2.05) is 36.4 Å². The van der Waals surface area contributed by atoms with Crippen molar-refractivity contribution in [2.24, 2.45) is 5.92 Å². The van der Waals surface area contributed by atoms with Crippen molar-refractivity contribution in [3.63, 3.8) is 0 Å². The third-order valence-electron chi connectivity index (χ3n) is 3.22. The van der Waals surface area contributed by atoms with Crippen LogP contribution in [0.2, 0.25) is 4.89 Å². The molecule has 0 unspecified atom stereocenters. The molecular formula is C17H17OPd. The number of carbonyl (C=O) groups is 1. The Morgan fingerprint density at radius 2 is 1.26 bits per heavy atom. The zero-order valence-electron chi connectivity index (χ0n) is 10.7. The van der Waals surface area contributed by atoms with Gasteiger partial charge in [-0.15, -0.1) is 0 Å². The molecule has 1 nitrogen and oxygen atoms in total. The Morgan fingerprint density at radius 1 is 0.842 bits per heavy atom. The third-order valence-corrected chi connectivity index (χ3v) is 3.76. The number of rotatable bonds is 6. The molecular weight excluding hydrogens is 327 g/mol. The molecule has 101 valence electrons. The average Bonchev–Trinajstić information content (AvgIpc) is 2.48. The predicted molar refractivity (Wildman–Crippen MR) is 73.6 cm³/mol. The minimum atomic E-state index is 0.0549. The van der Waals surface area contributed by atoms with Gasteiger partial charge in [0.15, 0.2) is 0 Å². The molecule has 0 fully saturated rings. The van der Waals surface area contributed by atoms with E-state index >= 15 is 0 Å². The summed E-state index contributed by atoms with van der Waals surface area (Å²) >= 11 is 3.02. The van der Waals surface area contributed by atoms with E-state index in [0.29, 0.717) is 4.89 Å². The second-order valence-electron chi connectivity index (χ2n) is 4.65. The number of hydrogen-bond donors (Lipinski definition) is 0. The van der Waals surface area contributed by atoms with E-state index < -0.39 is 0 Å². The van der Waals surface area contributed by atoms with E-state index in [0.717, 1.165) is 12.8 Å². The van der Waals surface area contributed by atoms with Gasteiger partial charge in [0.1, 0.15) is 0 Å². The van der Waals surface area contributed by atoms with Crippen molar-refractivity contribution in [3.8, 4) is 0 Å². The summed E-state index contributed by atoms with van der Waals surface area (Å²) in [6, 6.07) is 20.4. The van der Waals surface area contributed by atoms with Crippen molar-refractivity contribution in [2.45, 2.75) is 17.7 Å². The first-order chi connectivity index (χ1) is 9.29. The fourth-order valence-corrected chi connectivity index (χ4v) is 2.64. The summed E-state index contributed by atoms with van der Waals surface area (Å²) in [7, 11) is 0. The molecule has 2 rings (SSSR count). The van der Waals surface area contributed by atoms with Crippen molar-refractivity contribution < 1.29 is 24.0 Å². The number of ketones is 1. The molecule has 0 bridgehead atoms. The van der Waals surface area contributed by atoms with Gasteiger partial charge in [-0.25, -0.2) is 0 Å². The summed E-state index contributed by atoms with van der Waals surface area (Å²) in [6.07, 6.45) is 1.62.